The first-order chi connectivity index (χ1) is 9.76. The zero-order valence-corrected chi connectivity index (χ0v) is 13.2. The van der Waals surface area contributed by atoms with E-state index in [1.54, 1.807) is 0 Å². The minimum atomic E-state index is -0.740. The van der Waals surface area contributed by atoms with E-state index in [0.717, 1.165) is 31.2 Å². The van der Waals surface area contributed by atoms with Crippen molar-refractivity contribution < 1.29 is 14.2 Å². The third kappa shape index (κ3) is 5.29. The molecule has 0 bridgehead atoms. The highest BCUT2D eigenvalue weighted by molar-refractivity contribution is 5.29. The van der Waals surface area contributed by atoms with E-state index in [0.29, 0.717) is 12.3 Å². The van der Waals surface area contributed by atoms with Crippen molar-refractivity contribution in [1.82, 2.24) is 5.32 Å². The van der Waals surface area contributed by atoms with Crippen LogP contribution in [0.1, 0.15) is 52.0 Å². The van der Waals surface area contributed by atoms with Gasteiger partial charge in [-0.15, -0.1) is 0 Å². The first kappa shape index (κ1) is 16.2. The zero-order chi connectivity index (χ0) is 15.5. The maximum atomic E-state index is 13.7. The molecule has 1 aromatic rings. The molecule has 4 heteroatoms. The molecule has 0 amide bonds. The topological polar surface area (TPSA) is 41.5 Å². The first-order valence-corrected chi connectivity index (χ1v) is 7.66. The monoisotopic (exact) mass is 295 g/mol. The lowest BCUT2D eigenvalue weighted by Gasteiger charge is -2.23. The predicted molar refractivity (Wildman–Crippen MR) is 81.9 cm³/mol. The van der Waals surface area contributed by atoms with Crippen molar-refractivity contribution in [3.05, 3.63) is 29.6 Å². The highest BCUT2D eigenvalue weighted by atomic mass is 19.1. The first-order valence-electron chi connectivity index (χ1n) is 7.66. The van der Waals surface area contributed by atoms with Gasteiger partial charge in [0.25, 0.3) is 0 Å². The lowest BCUT2D eigenvalue weighted by atomic mass is 10.0. The third-order valence-electron chi connectivity index (χ3n) is 3.80. The molecule has 21 heavy (non-hydrogen) atoms. The number of hydrogen-bond acceptors (Lipinski definition) is 3. The van der Waals surface area contributed by atoms with Gasteiger partial charge in [0.2, 0.25) is 0 Å². The normalized spacial score (nSPS) is 18.0. The van der Waals surface area contributed by atoms with Gasteiger partial charge in [-0.25, -0.2) is 4.39 Å². The molecule has 1 aliphatic rings. The summed E-state index contributed by atoms with van der Waals surface area (Å²) in [6, 6.07) is 4.72. The fourth-order valence-corrected chi connectivity index (χ4v) is 2.57. The van der Waals surface area contributed by atoms with Crippen LogP contribution in [0.2, 0.25) is 0 Å². The van der Waals surface area contributed by atoms with Crippen LogP contribution in [-0.2, 0) is 6.54 Å². The van der Waals surface area contributed by atoms with Crippen LogP contribution in [0.5, 0.6) is 5.75 Å². The quantitative estimate of drug-likeness (QED) is 0.875. The molecule has 3 nitrogen and oxygen atoms in total. The van der Waals surface area contributed by atoms with Gasteiger partial charge in [-0.2, -0.15) is 0 Å². The number of aliphatic hydroxyl groups is 1. The molecule has 0 radical (unpaired) electrons. The van der Waals surface area contributed by atoms with E-state index in [-0.39, 0.29) is 18.0 Å². The summed E-state index contributed by atoms with van der Waals surface area (Å²) < 4.78 is 19.3. The van der Waals surface area contributed by atoms with Gasteiger partial charge in [0, 0.05) is 18.2 Å². The van der Waals surface area contributed by atoms with Gasteiger partial charge < -0.3 is 15.2 Å². The van der Waals surface area contributed by atoms with E-state index in [1.807, 2.05) is 6.07 Å². The van der Waals surface area contributed by atoms with Crippen molar-refractivity contribution in [2.75, 3.05) is 6.61 Å². The second-order valence-corrected chi connectivity index (χ2v) is 7.12. The summed E-state index contributed by atoms with van der Waals surface area (Å²) in [6.07, 6.45) is 3.59. The fourth-order valence-electron chi connectivity index (χ4n) is 2.57. The molecular formula is C17H26FNO2. The van der Waals surface area contributed by atoms with Gasteiger partial charge in [-0.05, 0) is 51.3 Å². The average Bonchev–Trinajstić information content (AvgIpc) is 2.80. The zero-order valence-electron chi connectivity index (χ0n) is 13.2. The number of rotatable bonds is 5. The molecule has 2 N–H and O–H groups in total. The number of benzene rings is 1. The van der Waals surface area contributed by atoms with Gasteiger partial charge in [0.15, 0.2) is 0 Å². The molecule has 118 valence electrons. The van der Waals surface area contributed by atoms with E-state index in [9.17, 15) is 9.50 Å². The van der Waals surface area contributed by atoms with Gasteiger partial charge in [0.05, 0.1) is 5.60 Å². The Balaban J connectivity index is 1.98. The second-order valence-electron chi connectivity index (χ2n) is 7.12. The molecule has 1 fully saturated rings. The number of halogens is 1. The summed E-state index contributed by atoms with van der Waals surface area (Å²) in [6.45, 7) is 7.03. The predicted octanol–water partition coefficient (Wildman–Crippen LogP) is 3.40. The van der Waals surface area contributed by atoms with Crippen LogP contribution < -0.4 is 10.1 Å². The number of nitrogens with one attached hydrogen (secondary N) is 1. The molecule has 0 aromatic heterocycles. The maximum Gasteiger partial charge on any atom is 0.127 e. The largest absolute Gasteiger partial charge is 0.490 e. The highest BCUT2D eigenvalue weighted by Crippen LogP contribution is 2.30. The van der Waals surface area contributed by atoms with Crippen molar-refractivity contribution in [3.63, 3.8) is 0 Å². The van der Waals surface area contributed by atoms with E-state index in [1.165, 1.54) is 12.1 Å². The van der Waals surface area contributed by atoms with Gasteiger partial charge in [-0.3, -0.25) is 0 Å². The summed E-state index contributed by atoms with van der Waals surface area (Å²) >= 11 is 0. The van der Waals surface area contributed by atoms with Crippen molar-refractivity contribution >= 4 is 0 Å². The van der Waals surface area contributed by atoms with Gasteiger partial charge in [-0.1, -0.05) is 12.8 Å². The van der Waals surface area contributed by atoms with Crippen LogP contribution in [0.3, 0.4) is 0 Å². The molecule has 0 spiro atoms. The molecule has 1 saturated carbocycles. The minimum absolute atomic E-state index is 0.0215. The molecule has 0 heterocycles. The highest BCUT2D eigenvalue weighted by Gasteiger charge is 2.31. The van der Waals surface area contributed by atoms with Crippen LogP contribution in [0.4, 0.5) is 4.39 Å². The van der Waals surface area contributed by atoms with Crippen LogP contribution >= 0.6 is 0 Å². The molecule has 0 unspecified atom stereocenters. The smallest absolute Gasteiger partial charge is 0.127 e. The van der Waals surface area contributed by atoms with Crippen LogP contribution in [0.25, 0.3) is 0 Å². The number of hydrogen-bond donors (Lipinski definition) is 2. The van der Waals surface area contributed by atoms with Crippen LogP contribution in [-0.4, -0.2) is 22.9 Å². The Morgan fingerprint density at radius 3 is 2.52 bits per heavy atom. The summed E-state index contributed by atoms with van der Waals surface area (Å²) in [7, 11) is 0. The molecule has 2 rings (SSSR count). The lowest BCUT2D eigenvalue weighted by Crippen LogP contribution is -2.35. The summed E-state index contributed by atoms with van der Waals surface area (Å²) in [5.41, 5.74) is 0.0843. The molecule has 0 aliphatic heterocycles. The van der Waals surface area contributed by atoms with E-state index in [2.05, 4.69) is 26.1 Å². The molecule has 0 atom stereocenters. The van der Waals surface area contributed by atoms with Crippen LogP contribution in [0, 0.1) is 5.82 Å². The average molecular weight is 295 g/mol. The standard InChI is InChI=1S/C17H26FNO2/c1-16(2,3)19-11-13-8-14(18)10-15(9-13)21-12-17(20)6-4-5-7-17/h8-10,19-20H,4-7,11-12H2,1-3H3. The van der Waals surface area contributed by atoms with Crippen molar-refractivity contribution in [3.8, 4) is 5.75 Å². The molecular weight excluding hydrogens is 269 g/mol. The van der Waals surface area contributed by atoms with Crippen LogP contribution in [0.15, 0.2) is 18.2 Å². The Hall–Kier alpha value is -1.13. The van der Waals surface area contributed by atoms with E-state index < -0.39 is 5.60 Å². The molecule has 1 aromatic carbocycles. The summed E-state index contributed by atoms with van der Waals surface area (Å²) in [5, 5.41) is 13.6. The van der Waals surface area contributed by atoms with Crippen molar-refractivity contribution in [2.45, 2.75) is 64.1 Å². The number of ether oxygens (including phenoxy) is 1. The van der Waals surface area contributed by atoms with Crippen molar-refractivity contribution in [1.29, 1.82) is 0 Å². The third-order valence-corrected chi connectivity index (χ3v) is 3.80. The Morgan fingerprint density at radius 1 is 1.24 bits per heavy atom. The van der Waals surface area contributed by atoms with E-state index in [4.69, 9.17) is 4.74 Å². The second kappa shape index (κ2) is 6.32. The SMILES string of the molecule is CC(C)(C)NCc1cc(F)cc(OCC2(O)CCCC2)c1. The molecule has 1 aliphatic carbocycles. The Bertz CT molecular complexity index is 476. The fraction of sp³-hybridized carbons (Fsp3) is 0.647. The Kier molecular flexibility index (Phi) is 4.89. The van der Waals surface area contributed by atoms with Gasteiger partial charge in [0.1, 0.15) is 18.2 Å². The minimum Gasteiger partial charge on any atom is -0.490 e. The van der Waals surface area contributed by atoms with Crippen molar-refractivity contribution in [2.24, 2.45) is 0 Å². The molecule has 0 saturated heterocycles. The van der Waals surface area contributed by atoms with Gasteiger partial charge >= 0.3 is 0 Å². The lowest BCUT2D eigenvalue weighted by molar-refractivity contribution is 0.00129. The summed E-state index contributed by atoms with van der Waals surface area (Å²) in [4.78, 5) is 0. The maximum absolute atomic E-state index is 13.7. The summed E-state index contributed by atoms with van der Waals surface area (Å²) in [5.74, 6) is 0.178. The Labute approximate surface area is 126 Å². The Morgan fingerprint density at radius 2 is 1.90 bits per heavy atom. The van der Waals surface area contributed by atoms with E-state index >= 15 is 0 Å².